The van der Waals surface area contributed by atoms with Gasteiger partial charge in [-0.3, -0.25) is 0 Å². The predicted octanol–water partition coefficient (Wildman–Crippen LogP) is 3.54. The summed E-state index contributed by atoms with van der Waals surface area (Å²) in [5.41, 5.74) is -0.134. The molecule has 0 aliphatic carbocycles. The molecule has 0 aliphatic rings. The molecule has 16 heavy (non-hydrogen) atoms. The maximum atomic E-state index is 13.3. The Balaban J connectivity index is 2.51. The largest absolute Gasteiger partial charge is 0.455 e. The molecule has 1 heterocycles. The van der Waals surface area contributed by atoms with Crippen molar-refractivity contribution in [2.24, 2.45) is 0 Å². The Morgan fingerprint density at radius 1 is 1.31 bits per heavy atom. The van der Waals surface area contributed by atoms with E-state index >= 15 is 0 Å². The quantitative estimate of drug-likeness (QED) is 0.868. The average molecular weight is 226 g/mol. The van der Waals surface area contributed by atoms with Gasteiger partial charge in [0.25, 0.3) is 0 Å². The van der Waals surface area contributed by atoms with Crippen molar-refractivity contribution in [2.45, 2.75) is 25.9 Å². The summed E-state index contributed by atoms with van der Waals surface area (Å²) >= 11 is 0. The number of hydrogen-bond donors (Lipinski definition) is 1. The number of aliphatic hydroxyl groups excluding tert-OH is 1. The van der Waals surface area contributed by atoms with Crippen LogP contribution in [0.1, 0.15) is 31.6 Å². The fourth-order valence-corrected chi connectivity index (χ4v) is 1.66. The molecule has 0 amide bonds. The number of halogens is 2. The van der Waals surface area contributed by atoms with E-state index in [9.17, 15) is 13.9 Å². The molecule has 0 aliphatic heterocycles. The molecule has 4 heteroatoms. The van der Waals surface area contributed by atoms with E-state index in [4.69, 9.17) is 4.42 Å². The third-order valence-corrected chi connectivity index (χ3v) is 2.49. The number of rotatable bonds is 3. The molecule has 2 nitrogen and oxygen atoms in total. The van der Waals surface area contributed by atoms with Gasteiger partial charge in [-0.25, -0.2) is 8.78 Å². The van der Waals surface area contributed by atoms with Crippen molar-refractivity contribution in [3.05, 3.63) is 35.6 Å². The molecule has 2 rings (SSSR count). The maximum Gasteiger partial charge on any atom is 0.172 e. The number of hydrogen-bond acceptors (Lipinski definition) is 2. The van der Waals surface area contributed by atoms with Gasteiger partial charge in [-0.1, -0.05) is 13.3 Å². The van der Waals surface area contributed by atoms with Gasteiger partial charge in [0.15, 0.2) is 11.4 Å². The lowest BCUT2D eigenvalue weighted by molar-refractivity contribution is 0.141. The van der Waals surface area contributed by atoms with Gasteiger partial charge in [-0.2, -0.15) is 0 Å². The number of fused-ring (bicyclic) bond motifs is 1. The highest BCUT2D eigenvalue weighted by Gasteiger charge is 2.16. The summed E-state index contributed by atoms with van der Waals surface area (Å²) in [4.78, 5) is 0. The third-order valence-electron chi connectivity index (χ3n) is 2.49. The van der Waals surface area contributed by atoms with E-state index in [1.165, 1.54) is 6.07 Å². The van der Waals surface area contributed by atoms with Crippen LogP contribution in [0.4, 0.5) is 8.78 Å². The zero-order chi connectivity index (χ0) is 11.7. The van der Waals surface area contributed by atoms with Crippen LogP contribution in [0.15, 0.2) is 22.6 Å². The predicted molar refractivity (Wildman–Crippen MR) is 56.0 cm³/mol. The first kappa shape index (κ1) is 11.1. The summed E-state index contributed by atoms with van der Waals surface area (Å²) in [7, 11) is 0. The normalized spacial score (nSPS) is 13.2. The van der Waals surface area contributed by atoms with Gasteiger partial charge in [0, 0.05) is 0 Å². The topological polar surface area (TPSA) is 33.4 Å². The lowest BCUT2D eigenvalue weighted by atomic mass is 10.1. The zero-order valence-electron chi connectivity index (χ0n) is 8.84. The summed E-state index contributed by atoms with van der Waals surface area (Å²) in [6, 6.07) is 3.41. The average Bonchev–Trinajstić information content (AvgIpc) is 2.70. The van der Waals surface area contributed by atoms with E-state index in [0.717, 1.165) is 18.6 Å². The van der Waals surface area contributed by atoms with Crippen LogP contribution in [0.5, 0.6) is 0 Å². The Labute approximate surface area is 91.5 Å². The van der Waals surface area contributed by atoms with Crippen LogP contribution in [0.2, 0.25) is 0 Å². The molecule has 0 bridgehead atoms. The van der Waals surface area contributed by atoms with Crippen molar-refractivity contribution in [2.75, 3.05) is 0 Å². The second-order valence-electron chi connectivity index (χ2n) is 3.73. The Bertz CT molecular complexity index is 466. The van der Waals surface area contributed by atoms with Crippen molar-refractivity contribution in [1.82, 2.24) is 0 Å². The van der Waals surface area contributed by atoms with Gasteiger partial charge in [0.1, 0.15) is 17.7 Å². The molecule has 1 N–H and O–H groups in total. The van der Waals surface area contributed by atoms with Gasteiger partial charge in [-0.15, -0.1) is 0 Å². The fourth-order valence-electron chi connectivity index (χ4n) is 1.66. The lowest BCUT2D eigenvalue weighted by Crippen LogP contribution is -1.93. The molecule has 1 aromatic carbocycles. The van der Waals surface area contributed by atoms with E-state index in [1.807, 2.05) is 6.92 Å². The Morgan fingerprint density at radius 2 is 2.00 bits per heavy atom. The Morgan fingerprint density at radius 3 is 2.62 bits per heavy atom. The summed E-state index contributed by atoms with van der Waals surface area (Å²) in [6.45, 7) is 1.91. The molecule has 1 atom stereocenters. The van der Waals surface area contributed by atoms with E-state index in [0.29, 0.717) is 6.42 Å². The number of benzene rings is 1. The van der Waals surface area contributed by atoms with E-state index in [2.05, 4.69) is 0 Å². The molecule has 0 saturated carbocycles. The van der Waals surface area contributed by atoms with Gasteiger partial charge >= 0.3 is 0 Å². The first-order valence-corrected chi connectivity index (χ1v) is 5.19. The fraction of sp³-hybridized carbons (Fsp3) is 0.333. The van der Waals surface area contributed by atoms with Gasteiger partial charge in [0.05, 0.1) is 5.39 Å². The first-order valence-electron chi connectivity index (χ1n) is 5.19. The van der Waals surface area contributed by atoms with Gasteiger partial charge in [0.2, 0.25) is 0 Å². The van der Waals surface area contributed by atoms with Crippen LogP contribution in [-0.2, 0) is 0 Å². The van der Waals surface area contributed by atoms with Crippen LogP contribution in [0.25, 0.3) is 11.0 Å². The third kappa shape index (κ3) is 1.80. The van der Waals surface area contributed by atoms with Crippen LogP contribution in [0, 0.1) is 11.6 Å². The van der Waals surface area contributed by atoms with Crippen molar-refractivity contribution >= 4 is 11.0 Å². The molecular weight excluding hydrogens is 214 g/mol. The van der Waals surface area contributed by atoms with Crippen LogP contribution < -0.4 is 0 Å². The van der Waals surface area contributed by atoms with Gasteiger partial charge in [-0.05, 0) is 24.6 Å². The molecular formula is C12H12F2O2. The molecule has 0 spiro atoms. The van der Waals surface area contributed by atoms with E-state index in [1.54, 1.807) is 0 Å². The monoisotopic (exact) mass is 226 g/mol. The van der Waals surface area contributed by atoms with Crippen molar-refractivity contribution in [1.29, 1.82) is 0 Å². The molecule has 0 saturated heterocycles. The van der Waals surface area contributed by atoms with Crippen LogP contribution >= 0.6 is 0 Å². The number of aliphatic hydroxyl groups is 1. The molecule has 86 valence electrons. The van der Waals surface area contributed by atoms with E-state index in [-0.39, 0.29) is 16.7 Å². The molecule has 0 fully saturated rings. The zero-order valence-corrected chi connectivity index (χ0v) is 8.84. The molecule has 0 radical (unpaired) electrons. The van der Waals surface area contributed by atoms with Crippen molar-refractivity contribution in [3.63, 3.8) is 0 Å². The van der Waals surface area contributed by atoms with Crippen LogP contribution in [0.3, 0.4) is 0 Å². The molecule has 1 unspecified atom stereocenters. The van der Waals surface area contributed by atoms with E-state index < -0.39 is 17.7 Å². The van der Waals surface area contributed by atoms with Crippen LogP contribution in [-0.4, -0.2) is 5.11 Å². The highest BCUT2D eigenvalue weighted by Crippen LogP contribution is 2.29. The Kier molecular flexibility index (Phi) is 2.92. The minimum Gasteiger partial charge on any atom is -0.455 e. The van der Waals surface area contributed by atoms with Gasteiger partial charge < -0.3 is 9.52 Å². The Hall–Kier alpha value is -1.42. The second-order valence-corrected chi connectivity index (χ2v) is 3.73. The summed E-state index contributed by atoms with van der Waals surface area (Å²) in [6.07, 6.45) is 0.461. The van der Waals surface area contributed by atoms with Crippen molar-refractivity contribution in [3.8, 4) is 0 Å². The summed E-state index contributed by atoms with van der Waals surface area (Å²) in [5, 5.41) is 9.74. The minimum absolute atomic E-state index is 0.0742. The smallest absolute Gasteiger partial charge is 0.172 e. The lowest BCUT2D eigenvalue weighted by Gasteiger charge is -2.03. The second kappa shape index (κ2) is 4.22. The van der Waals surface area contributed by atoms with Crippen molar-refractivity contribution < 1.29 is 18.3 Å². The standard InChI is InChI=1S/C12H12F2O2/c1-2-3-10(15)11-6-7-8(13)4-5-9(14)12(7)16-11/h4-6,10,15H,2-3H2,1H3. The first-order chi connectivity index (χ1) is 7.63. The maximum absolute atomic E-state index is 13.3. The highest BCUT2D eigenvalue weighted by molar-refractivity contribution is 5.79. The summed E-state index contributed by atoms with van der Waals surface area (Å²) in [5.74, 6) is -0.956. The highest BCUT2D eigenvalue weighted by atomic mass is 19.1. The minimum atomic E-state index is -0.809. The SMILES string of the molecule is CCCC(O)c1cc2c(F)ccc(F)c2o1. The number of furan rings is 1. The molecule has 2 aromatic rings. The molecule has 1 aromatic heterocycles. The summed E-state index contributed by atoms with van der Waals surface area (Å²) < 4.78 is 31.7.